The van der Waals surface area contributed by atoms with Gasteiger partial charge in [0.2, 0.25) is 0 Å². The number of fused-ring (bicyclic) bond motifs is 13. The van der Waals surface area contributed by atoms with Crippen molar-refractivity contribution >= 4 is 43.1 Å². The summed E-state index contributed by atoms with van der Waals surface area (Å²) in [5, 5.41) is 10.4. The Balaban J connectivity index is 1.28. The molecular weight excluding hydrogens is 759 g/mol. The van der Waals surface area contributed by atoms with E-state index in [4.69, 9.17) is 0 Å². The van der Waals surface area contributed by atoms with E-state index in [0.717, 1.165) is 5.69 Å². The maximum absolute atomic E-state index is 2.55. The fourth-order valence-corrected chi connectivity index (χ4v) is 11.5. The van der Waals surface area contributed by atoms with Gasteiger partial charge in [-0.25, -0.2) is 0 Å². The number of aromatic nitrogens is 1. The van der Waals surface area contributed by atoms with Crippen LogP contribution in [0.3, 0.4) is 0 Å². The molecule has 1 nitrogen and oxygen atoms in total. The van der Waals surface area contributed by atoms with Crippen LogP contribution in [-0.4, -0.2) is 4.57 Å². The van der Waals surface area contributed by atoms with Crippen LogP contribution in [0.5, 0.6) is 0 Å². The lowest BCUT2D eigenvalue weighted by atomic mass is 9.81. The topological polar surface area (TPSA) is 4.93 Å². The summed E-state index contributed by atoms with van der Waals surface area (Å²) in [7, 11) is 0. The lowest BCUT2D eigenvalue weighted by Gasteiger charge is -2.21. The maximum atomic E-state index is 2.55. The third-order valence-electron chi connectivity index (χ3n) is 13.8. The van der Waals surface area contributed by atoms with Crippen LogP contribution in [0.1, 0.15) is 0 Å². The van der Waals surface area contributed by atoms with Crippen LogP contribution in [-0.2, 0) is 0 Å². The minimum Gasteiger partial charge on any atom is -0.308 e. The fraction of sp³-hybridized carbons (Fsp3) is 0. The lowest BCUT2D eigenvalue weighted by Crippen LogP contribution is -2.01. The fourth-order valence-electron chi connectivity index (χ4n) is 11.5. The van der Waals surface area contributed by atoms with E-state index >= 15 is 0 Å². The van der Waals surface area contributed by atoms with Gasteiger partial charge in [-0.15, -0.1) is 0 Å². The smallest absolute Gasteiger partial charge is 0.0620 e. The highest BCUT2D eigenvalue weighted by molar-refractivity contribution is 6.44. The molecule has 0 fully saturated rings. The second-order valence-corrected chi connectivity index (χ2v) is 17.0. The van der Waals surface area contributed by atoms with E-state index in [1.54, 1.807) is 0 Å². The molecule has 12 aromatic rings. The van der Waals surface area contributed by atoms with Gasteiger partial charge in [0.1, 0.15) is 0 Å². The van der Waals surface area contributed by atoms with Gasteiger partial charge in [0.15, 0.2) is 0 Å². The van der Waals surface area contributed by atoms with Crippen molar-refractivity contribution in [3.05, 3.63) is 224 Å². The molecule has 0 unspecified atom stereocenters. The number of rotatable bonds is 5. The predicted molar refractivity (Wildman–Crippen MR) is 266 cm³/mol. The summed E-state index contributed by atoms with van der Waals surface area (Å²) in [4.78, 5) is 0. The molecule has 0 spiro atoms. The van der Waals surface area contributed by atoms with Gasteiger partial charge in [-0.05, 0) is 105 Å². The Morgan fingerprint density at radius 2 is 0.444 bits per heavy atom. The van der Waals surface area contributed by atoms with E-state index in [9.17, 15) is 0 Å². The summed E-state index contributed by atoms with van der Waals surface area (Å²) in [5.74, 6) is 0. The lowest BCUT2D eigenvalue weighted by molar-refractivity contribution is 1.10. The van der Waals surface area contributed by atoms with E-state index in [2.05, 4.69) is 229 Å². The Kier molecular flexibility index (Phi) is 7.17. The third kappa shape index (κ3) is 4.61. The minimum atomic E-state index is 1.15. The molecule has 0 saturated heterocycles. The Bertz CT molecular complexity index is 3620. The van der Waals surface area contributed by atoms with Gasteiger partial charge in [-0.2, -0.15) is 0 Å². The molecule has 1 heterocycles. The van der Waals surface area contributed by atoms with Gasteiger partial charge in [0.25, 0.3) is 0 Å². The van der Waals surface area contributed by atoms with Crippen molar-refractivity contribution in [2.24, 2.45) is 0 Å². The van der Waals surface area contributed by atoms with Crippen molar-refractivity contribution in [2.45, 2.75) is 0 Å². The van der Waals surface area contributed by atoms with Crippen LogP contribution in [0.15, 0.2) is 224 Å². The van der Waals surface area contributed by atoms with E-state index in [0.29, 0.717) is 0 Å². The quantitative estimate of drug-likeness (QED) is 0.153. The molecule has 14 rings (SSSR count). The second kappa shape index (κ2) is 13.1. The average Bonchev–Trinajstić information content (AvgIpc) is 4.01. The van der Waals surface area contributed by atoms with Gasteiger partial charge in [-0.3, -0.25) is 0 Å². The molecule has 1 aromatic heterocycles. The van der Waals surface area contributed by atoms with Crippen LogP contribution in [0.25, 0.3) is 138 Å². The molecule has 2 aliphatic carbocycles. The Morgan fingerprint density at radius 3 is 0.778 bits per heavy atom. The molecule has 2 aliphatic rings. The van der Waals surface area contributed by atoms with Crippen LogP contribution < -0.4 is 0 Å². The maximum Gasteiger partial charge on any atom is 0.0620 e. The molecule has 0 atom stereocenters. The molecule has 11 aromatic carbocycles. The molecule has 0 N–H and O–H groups in total. The van der Waals surface area contributed by atoms with E-state index in [-0.39, 0.29) is 0 Å². The molecule has 0 saturated carbocycles. The largest absolute Gasteiger partial charge is 0.308 e. The summed E-state index contributed by atoms with van der Waals surface area (Å²) in [6.07, 6.45) is 0. The van der Waals surface area contributed by atoms with Crippen molar-refractivity contribution in [1.82, 2.24) is 4.57 Å². The predicted octanol–water partition coefficient (Wildman–Crippen LogP) is 17.1. The van der Waals surface area contributed by atoms with Crippen LogP contribution in [0.2, 0.25) is 0 Å². The van der Waals surface area contributed by atoms with Gasteiger partial charge >= 0.3 is 0 Å². The molecule has 0 bridgehead atoms. The molecule has 1 heteroatoms. The Labute approximate surface area is 365 Å². The molecule has 0 aliphatic heterocycles. The first-order valence-electron chi connectivity index (χ1n) is 22.0. The van der Waals surface area contributed by atoms with Crippen molar-refractivity contribution in [1.29, 1.82) is 0 Å². The summed E-state index contributed by atoms with van der Waals surface area (Å²) in [6.45, 7) is 0. The first kappa shape index (κ1) is 34.5. The number of para-hydroxylation sites is 1. The summed E-state index contributed by atoms with van der Waals surface area (Å²) in [5.41, 5.74) is 21.6. The molecular formula is C62H37N. The Morgan fingerprint density at radius 1 is 0.190 bits per heavy atom. The highest BCUT2D eigenvalue weighted by Gasteiger charge is 2.42. The number of hydrogen-bond donors (Lipinski definition) is 0. The highest BCUT2D eigenvalue weighted by Crippen LogP contribution is 2.68. The van der Waals surface area contributed by atoms with Gasteiger partial charge < -0.3 is 4.57 Å². The molecule has 0 amide bonds. The van der Waals surface area contributed by atoms with Crippen molar-refractivity contribution in [2.75, 3.05) is 0 Å². The van der Waals surface area contributed by atoms with Crippen molar-refractivity contribution in [3.8, 4) is 95.0 Å². The van der Waals surface area contributed by atoms with Gasteiger partial charge in [-0.1, -0.05) is 212 Å². The normalized spacial score (nSPS) is 12.1. The number of hydrogen-bond acceptors (Lipinski definition) is 0. The van der Waals surface area contributed by atoms with E-state index in [1.807, 2.05) is 0 Å². The highest BCUT2D eigenvalue weighted by atomic mass is 15.0. The summed E-state index contributed by atoms with van der Waals surface area (Å²) in [6, 6.07) is 83.1. The second-order valence-electron chi connectivity index (χ2n) is 17.0. The zero-order valence-corrected chi connectivity index (χ0v) is 34.3. The standard InChI is InChI=1S/C62H37N/c1-6-22-38(23-7-1)49-43-32-16-17-33-44(43)50(39-24-8-2-9-25-39)56-52-46-35-19-21-37-48(46)54-58-53(47-36-20-18-34-45(47)51(55(49)56)57(52)58)59-60(54)62(41-28-12-4-13-29-41)63(42-30-14-5-15-31-42)61(59)40-26-10-3-11-27-40/h1-37H. The van der Waals surface area contributed by atoms with Crippen LogP contribution in [0, 0.1) is 0 Å². The Hall–Kier alpha value is -8.26. The van der Waals surface area contributed by atoms with Crippen LogP contribution >= 0.6 is 0 Å². The van der Waals surface area contributed by atoms with E-state index < -0.39 is 0 Å². The zero-order valence-electron chi connectivity index (χ0n) is 34.3. The summed E-state index contributed by atoms with van der Waals surface area (Å²) >= 11 is 0. The minimum absolute atomic E-state index is 1.15. The number of benzene rings is 11. The number of nitrogens with zero attached hydrogens (tertiary/aromatic N) is 1. The zero-order chi connectivity index (χ0) is 41.2. The average molecular weight is 796 g/mol. The van der Waals surface area contributed by atoms with Crippen LogP contribution in [0.4, 0.5) is 0 Å². The van der Waals surface area contributed by atoms with Gasteiger partial charge in [0, 0.05) is 33.3 Å². The van der Waals surface area contributed by atoms with E-state index in [1.165, 1.54) is 132 Å². The third-order valence-corrected chi connectivity index (χ3v) is 13.8. The molecule has 0 radical (unpaired) electrons. The summed E-state index contributed by atoms with van der Waals surface area (Å²) < 4.78 is 2.55. The van der Waals surface area contributed by atoms with Crippen molar-refractivity contribution in [3.63, 3.8) is 0 Å². The first-order valence-corrected chi connectivity index (χ1v) is 22.0. The van der Waals surface area contributed by atoms with Gasteiger partial charge in [0.05, 0.1) is 11.4 Å². The first-order chi connectivity index (χ1) is 31.4. The molecule has 63 heavy (non-hydrogen) atoms. The SMILES string of the molecule is c1ccc(-c2c3c(c(-c4ccccc4)c4ccccc24)-c2c4ccccc4c4c5c(c6ccccc6c-3c25)-c2c-4c(-c3ccccc3)n(-c3ccccc3)c2-c2ccccc2)cc1. The molecule has 290 valence electrons. The monoisotopic (exact) mass is 795 g/mol. The van der Waals surface area contributed by atoms with Crippen molar-refractivity contribution < 1.29 is 0 Å².